The van der Waals surface area contributed by atoms with Crippen LogP contribution < -0.4 is 5.32 Å². The van der Waals surface area contributed by atoms with Crippen LogP contribution in [0.5, 0.6) is 0 Å². The lowest BCUT2D eigenvalue weighted by atomic mass is 9.93. The Balaban J connectivity index is 2.69. The molecule has 1 unspecified atom stereocenters. The van der Waals surface area contributed by atoms with Crippen LogP contribution >= 0.6 is 0 Å². The van der Waals surface area contributed by atoms with Gasteiger partial charge in [-0.15, -0.1) is 0 Å². The van der Waals surface area contributed by atoms with Gasteiger partial charge in [0.15, 0.2) is 0 Å². The molecule has 2 rings (SSSR count). The molecule has 1 aromatic rings. The van der Waals surface area contributed by atoms with Gasteiger partial charge < -0.3 is 10.4 Å². The molecule has 1 amide bonds. The monoisotopic (exact) mass is 242 g/mol. The third-order valence-corrected chi connectivity index (χ3v) is 2.53. The second-order valence-electron chi connectivity index (χ2n) is 3.53. The van der Waals surface area contributed by atoms with Crippen molar-refractivity contribution in [2.24, 2.45) is 0 Å². The third kappa shape index (κ3) is 1.38. The van der Waals surface area contributed by atoms with E-state index in [0.29, 0.717) is 0 Å². The van der Waals surface area contributed by atoms with Crippen LogP contribution in [0.4, 0.5) is 18.9 Å². The average molecular weight is 242 g/mol. The Morgan fingerprint density at radius 2 is 2.06 bits per heavy atom. The fourth-order valence-electron chi connectivity index (χ4n) is 1.64. The van der Waals surface area contributed by atoms with Gasteiger partial charge in [0.05, 0.1) is 11.6 Å². The Morgan fingerprint density at radius 1 is 1.41 bits per heavy atom. The summed E-state index contributed by atoms with van der Waals surface area (Å²) in [6, 6.07) is 4.89. The first-order valence-corrected chi connectivity index (χ1v) is 4.46. The van der Waals surface area contributed by atoms with Gasteiger partial charge in [-0.1, -0.05) is 0 Å². The number of hydrogen-bond donors (Lipinski definition) is 2. The first-order chi connectivity index (χ1) is 7.80. The number of nitrogens with zero attached hydrogens (tertiary/aromatic N) is 1. The second-order valence-corrected chi connectivity index (χ2v) is 3.53. The lowest BCUT2D eigenvalue weighted by molar-refractivity contribution is -0.252. The number of hydrogen-bond acceptors (Lipinski definition) is 3. The van der Waals surface area contributed by atoms with Gasteiger partial charge in [0.25, 0.3) is 11.5 Å². The normalized spacial score (nSPS) is 22.9. The zero-order chi connectivity index (χ0) is 12.8. The fraction of sp³-hybridized carbons (Fsp3) is 0.200. The lowest BCUT2D eigenvalue weighted by Crippen LogP contribution is -2.47. The minimum absolute atomic E-state index is 0.0667. The summed E-state index contributed by atoms with van der Waals surface area (Å²) in [5, 5.41) is 20.0. The number of nitriles is 1. The number of carbonyl (C=O) groups excluding carboxylic acids is 1. The fourth-order valence-corrected chi connectivity index (χ4v) is 1.64. The number of rotatable bonds is 0. The Morgan fingerprint density at radius 3 is 2.59 bits per heavy atom. The Labute approximate surface area is 93.3 Å². The number of carbonyl (C=O) groups is 1. The topological polar surface area (TPSA) is 73.1 Å². The van der Waals surface area contributed by atoms with Gasteiger partial charge in [0.2, 0.25) is 0 Å². The summed E-state index contributed by atoms with van der Waals surface area (Å²) in [6.45, 7) is 0. The van der Waals surface area contributed by atoms with E-state index in [4.69, 9.17) is 5.26 Å². The van der Waals surface area contributed by atoms with E-state index in [1.165, 1.54) is 6.07 Å². The zero-order valence-corrected chi connectivity index (χ0v) is 8.17. The Kier molecular flexibility index (Phi) is 2.16. The highest BCUT2D eigenvalue weighted by Crippen LogP contribution is 2.46. The number of halogens is 3. The summed E-state index contributed by atoms with van der Waals surface area (Å²) in [7, 11) is 0. The van der Waals surface area contributed by atoms with Crippen LogP contribution in [-0.4, -0.2) is 17.2 Å². The van der Waals surface area contributed by atoms with Crippen molar-refractivity contribution in [1.82, 2.24) is 0 Å². The van der Waals surface area contributed by atoms with Gasteiger partial charge >= 0.3 is 6.18 Å². The van der Waals surface area contributed by atoms with E-state index in [9.17, 15) is 23.1 Å². The van der Waals surface area contributed by atoms with Gasteiger partial charge in [-0.05, 0) is 18.2 Å². The molecule has 0 saturated heterocycles. The summed E-state index contributed by atoms with van der Waals surface area (Å²) in [6.07, 6.45) is -5.14. The van der Waals surface area contributed by atoms with Crippen molar-refractivity contribution in [1.29, 1.82) is 5.26 Å². The van der Waals surface area contributed by atoms with E-state index in [1.807, 2.05) is 5.32 Å². The first kappa shape index (κ1) is 11.4. The predicted molar refractivity (Wildman–Crippen MR) is 49.7 cm³/mol. The number of anilines is 1. The third-order valence-electron chi connectivity index (χ3n) is 2.53. The molecular weight excluding hydrogens is 237 g/mol. The van der Waals surface area contributed by atoms with E-state index in [0.717, 1.165) is 12.1 Å². The number of fused-ring (bicyclic) bond motifs is 1. The highest BCUT2D eigenvalue weighted by molar-refractivity contribution is 6.05. The molecule has 1 aliphatic heterocycles. The summed E-state index contributed by atoms with van der Waals surface area (Å²) in [5.74, 6) is -1.56. The molecule has 0 radical (unpaired) electrons. The zero-order valence-electron chi connectivity index (χ0n) is 8.17. The van der Waals surface area contributed by atoms with E-state index < -0.39 is 23.2 Å². The van der Waals surface area contributed by atoms with Crippen LogP contribution in [0, 0.1) is 11.3 Å². The summed E-state index contributed by atoms with van der Waals surface area (Å²) in [4.78, 5) is 11.2. The number of aliphatic hydroxyl groups is 1. The van der Waals surface area contributed by atoms with Gasteiger partial charge in [-0.2, -0.15) is 18.4 Å². The molecule has 0 saturated carbocycles. The molecule has 4 nitrogen and oxygen atoms in total. The van der Waals surface area contributed by atoms with Crippen LogP contribution in [0.15, 0.2) is 18.2 Å². The van der Waals surface area contributed by atoms with Crippen molar-refractivity contribution in [3.63, 3.8) is 0 Å². The van der Waals surface area contributed by atoms with Crippen LogP contribution in [-0.2, 0) is 10.4 Å². The Bertz CT molecular complexity index is 547. The van der Waals surface area contributed by atoms with Crippen LogP contribution in [0.3, 0.4) is 0 Å². The summed E-state index contributed by atoms with van der Waals surface area (Å²) in [5.41, 5.74) is -4.44. The molecule has 0 fully saturated rings. The van der Waals surface area contributed by atoms with Crippen LogP contribution in [0.25, 0.3) is 0 Å². The molecule has 1 aliphatic rings. The van der Waals surface area contributed by atoms with Crippen molar-refractivity contribution in [2.75, 3.05) is 5.32 Å². The minimum Gasteiger partial charge on any atom is -0.368 e. The van der Waals surface area contributed by atoms with Crippen molar-refractivity contribution in [3.05, 3.63) is 29.3 Å². The van der Waals surface area contributed by atoms with Crippen molar-refractivity contribution in [3.8, 4) is 6.07 Å². The molecule has 7 heteroatoms. The number of benzene rings is 1. The predicted octanol–water partition coefficient (Wildman–Crippen LogP) is 1.26. The quantitative estimate of drug-likeness (QED) is 0.719. The Hall–Kier alpha value is -2.07. The molecule has 0 spiro atoms. The molecule has 0 aromatic heterocycles. The molecule has 0 aliphatic carbocycles. The summed E-state index contributed by atoms with van der Waals surface area (Å²) < 4.78 is 38.1. The van der Waals surface area contributed by atoms with E-state index in [1.54, 1.807) is 6.07 Å². The highest BCUT2D eigenvalue weighted by atomic mass is 19.4. The van der Waals surface area contributed by atoms with Crippen LogP contribution in [0.1, 0.15) is 11.1 Å². The van der Waals surface area contributed by atoms with Crippen molar-refractivity contribution >= 4 is 11.6 Å². The molecule has 0 bridgehead atoms. The molecule has 17 heavy (non-hydrogen) atoms. The van der Waals surface area contributed by atoms with E-state index in [2.05, 4.69) is 0 Å². The largest absolute Gasteiger partial charge is 0.430 e. The SMILES string of the molecule is N#Cc1ccc2c(c1)C(O)(C(F)(F)F)C(=O)N2. The second kappa shape index (κ2) is 3.21. The van der Waals surface area contributed by atoms with Gasteiger partial charge in [-0.3, -0.25) is 4.79 Å². The molecular formula is C10H5F3N2O2. The van der Waals surface area contributed by atoms with Gasteiger partial charge in [-0.25, -0.2) is 0 Å². The van der Waals surface area contributed by atoms with Gasteiger partial charge in [0.1, 0.15) is 0 Å². The molecule has 1 heterocycles. The number of nitrogens with one attached hydrogen (secondary N) is 1. The minimum atomic E-state index is -5.14. The average Bonchev–Trinajstić information content (AvgIpc) is 2.51. The standard InChI is InChI=1S/C10H5F3N2O2/c11-10(12,13)9(17)6-3-5(4-14)1-2-7(6)15-8(9)16/h1-3,17H,(H,15,16). The van der Waals surface area contributed by atoms with E-state index in [-0.39, 0.29) is 11.3 Å². The van der Waals surface area contributed by atoms with Gasteiger partial charge in [0, 0.05) is 11.3 Å². The van der Waals surface area contributed by atoms with E-state index >= 15 is 0 Å². The maximum absolute atomic E-state index is 12.7. The molecule has 1 atom stereocenters. The maximum Gasteiger partial charge on any atom is 0.430 e. The van der Waals surface area contributed by atoms with Crippen molar-refractivity contribution < 1.29 is 23.1 Å². The molecule has 1 aromatic carbocycles. The number of alkyl halides is 3. The first-order valence-electron chi connectivity index (χ1n) is 4.46. The maximum atomic E-state index is 12.7. The van der Waals surface area contributed by atoms with Crippen LogP contribution in [0.2, 0.25) is 0 Å². The lowest BCUT2D eigenvalue weighted by Gasteiger charge is -2.23. The smallest absolute Gasteiger partial charge is 0.368 e. The molecule has 2 N–H and O–H groups in total. The van der Waals surface area contributed by atoms with Crippen molar-refractivity contribution in [2.45, 2.75) is 11.8 Å². The summed E-state index contributed by atoms with van der Waals surface area (Å²) >= 11 is 0. The number of amides is 1. The highest BCUT2D eigenvalue weighted by Gasteiger charge is 2.64. The molecule has 88 valence electrons.